The summed E-state index contributed by atoms with van der Waals surface area (Å²) in [5, 5.41) is 0.919. The molecule has 2 aromatic rings. The van der Waals surface area contributed by atoms with Crippen molar-refractivity contribution in [2.24, 2.45) is 5.92 Å². The van der Waals surface area contributed by atoms with Gasteiger partial charge in [0.25, 0.3) is 0 Å². The molecular formula is C22H24Cl2O4. The molecule has 2 rings (SSSR count). The van der Waals surface area contributed by atoms with Crippen molar-refractivity contribution in [1.29, 1.82) is 0 Å². The van der Waals surface area contributed by atoms with Gasteiger partial charge in [0.05, 0.1) is 30.5 Å². The largest absolute Gasteiger partial charge is 0.503 e. The first kappa shape index (κ1) is 22.1. The van der Waals surface area contributed by atoms with Crippen LogP contribution in [0.4, 0.5) is 0 Å². The van der Waals surface area contributed by atoms with E-state index < -0.39 is 5.97 Å². The predicted octanol–water partition coefficient (Wildman–Crippen LogP) is 5.93. The molecule has 2 aromatic carbocycles. The number of halogens is 2. The first-order valence-corrected chi connectivity index (χ1v) is 9.63. The van der Waals surface area contributed by atoms with Gasteiger partial charge in [0, 0.05) is 0 Å². The first-order valence-electron chi connectivity index (χ1n) is 8.87. The van der Waals surface area contributed by atoms with Gasteiger partial charge in [-0.3, -0.25) is 0 Å². The highest BCUT2D eigenvalue weighted by atomic mass is 35.5. The molecule has 0 fully saturated rings. The minimum Gasteiger partial charge on any atom is -0.503 e. The lowest BCUT2D eigenvalue weighted by atomic mass is 10.0. The SMILES string of the molecule is COC=C(C(=O)OC)c1ccccc1COc1c(Cl)cc(CC(C)C)cc1Cl. The Morgan fingerprint density at radius 3 is 2.32 bits per heavy atom. The summed E-state index contributed by atoms with van der Waals surface area (Å²) in [7, 11) is 2.80. The number of hydrogen-bond donors (Lipinski definition) is 0. The van der Waals surface area contributed by atoms with E-state index in [1.54, 1.807) is 6.07 Å². The van der Waals surface area contributed by atoms with Crippen LogP contribution in [0.1, 0.15) is 30.5 Å². The Kier molecular flexibility index (Phi) is 8.21. The standard InChI is InChI=1S/C22H24Cl2O4/c1-14(2)9-15-10-19(23)21(20(24)11-15)28-12-16-7-5-6-8-17(16)18(13-26-3)22(25)27-4/h5-8,10-11,13-14H,9,12H2,1-4H3. The summed E-state index contributed by atoms with van der Waals surface area (Å²) in [5.41, 5.74) is 2.79. The highest BCUT2D eigenvalue weighted by molar-refractivity contribution is 6.37. The average Bonchev–Trinajstić information content (AvgIpc) is 2.65. The summed E-state index contributed by atoms with van der Waals surface area (Å²) in [4.78, 5) is 12.1. The smallest absolute Gasteiger partial charge is 0.341 e. The number of ether oxygens (including phenoxy) is 3. The summed E-state index contributed by atoms with van der Waals surface area (Å²) < 4.78 is 15.8. The Hall–Kier alpha value is -2.17. The second-order valence-electron chi connectivity index (χ2n) is 6.69. The maximum Gasteiger partial charge on any atom is 0.341 e. The Balaban J connectivity index is 2.29. The van der Waals surface area contributed by atoms with Gasteiger partial charge in [0.2, 0.25) is 0 Å². The molecular weight excluding hydrogens is 399 g/mol. The number of methoxy groups -OCH3 is 2. The number of rotatable bonds is 8. The fourth-order valence-corrected chi connectivity index (χ4v) is 3.49. The van der Waals surface area contributed by atoms with Gasteiger partial charge in [-0.15, -0.1) is 0 Å². The fraction of sp³-hybridized carbons (Fsp3) is 0.318. The molecule has 0 saturated carbocycles. The number of carbonyl (C=O) groups excluding carboxylic acids is 1. The molecule has 150 valence electrons. The van der Waals surface area contributed by atoms with Gasteiger partial charge < -0.3 is 14.2 Å². The molecule has 0 radical (unpaired) electrons. The maximum absolute atomic E-state index is 12.1. The van der Waals surface area contributed by atoms with Gasteiger partial charge in [-0.1, -0.05) is 61.3 Å². The summed E-state index contributed by atoms with van der Waals surface area (Å²) in [5.74, 6) is 0.416. The van der Waals surface area contributed by atoms with Gasteiger partial charge in [-0.2, -0.15) is 0 Å². The van der Waals surface area contributed by atoms with Crippen molar-refractivity contribution in [3.05, 3.63) is 69.4 Å². The van der Waals surface area contributed by atoms with Crippen molar-refractivity contribution in [2.75, 3.05) is 14.2 Å². The van der Waals surface area contributed by atoms with Gasteiger partial charge in [-0.25, -0.2) is 4.79 Å². The summed E-state index contributed by atoms with van der Waals surface area (Å²) in [6, 6.07) is 11.1. The molecule has 0 N–H and O–H groups in total. The molecule has 28 heavy (non-hydrogen) atoms. The van der Waals surface area contributed by atoms with Gasteiger partial charge >= 0.3 is 5.97 Å². The van der Waals surface area contributed by atoms with E-state index in [0.717, 1.165) is 17.5 Å². The first-order chi connectivity index (χ1) is 13.4. The highest BCUT2D eigenvalue weighted by Crippen LogP contribution is 2.36. The minimum atomic E-state index is -0.497. The quantitative estimate of drug-likeness (QED) is 0.300. The molecule has 6 heteroatoms. The van der Waals surface area contributed by atoms with Crippen LogP contribution in [0.15, 0.2) is 42.7 Å². The lowest BCUT2D eigenvalue weighted by Gasteiger charge is -2.15. The lowest BCUT2D eigenvalue weighted by molar-refractivity contribution is -0.133. The van der Waals surface area contributed by atoms with Crippen LogP contribution in [-0.4, -0.2) is 20.2 Å². The number of hydrogen-bond acceptors (Lipinski definition) is 4. The van der Waals surface area contributed by atoms with E-state index >= 15 is 0 Å². The van der Waals surface area contributed by atoms with Crippen LogP contribution in [0.3, 0.4) is 0 Å². The zero-order valence-corrected chi connectivity index (χ0v) is 17.9. The van der Waals surface area contributed by atoms with E-state index in [9.17, 15) is 4.79 Å². The zero-order valence-electron chi connectivity index (χ0n) is 16.4. The molecule has 0 aliphatic rings. The third kappa shape index (κ3) is 5.66. The van der Waals surface area contributed by atoms with Crippen LogP contribution in [0, 0.1) is 5.92 Å². The Labute approximate surface area is 176 Å². The van der Waals surface area contributed by atoms with Crippen molar-refractivity contribution in [3.63, 3.8) is 0 Å². The van der Waals surface area contributed by atoms with E-state index in [0.29, 0.717) is 32.8 Å². The van der Waals surface area contributed by atoms with E-state index in [4.69, 9.17) is 37.4 Å². The van der Waals surface area contributed by atoms with E-state index in [2.05, 4.69) is 13.8 Å². The number of benzene rings is 2. The van der Waals surface area contributed by atoms with Crippen molar-refractivity contribution in [1.82, 2.24) is 0 Å². The second-order valence-corrected chi connectivity index (χ2v) is 7.51. The van der Waals surface area contributed by atoms with Crippen LogP contribution in [0.25, 0.3) is 5.57 Å². The van der Waals surface area contributed by atoms with E-state index in [1.807, 2.05) is 30.3 Å². The van der Waals surface area contributed by atoms with Crippen LogP contribution in [0.5, 0.6) is 5.75 Å². The molecule has 0 bridgehead atoms. The van der Waals surface area contributed by atoms with Gasteiger partial charge in [0.15, 0.2) is 5.75 Å². The predicted molar refractivity (Wildman–Crippen MR) is 113 cm³/mol. The average molecular weight is 423 g/mol. The monoisotopic (exact) mass is 422 g/mol. The van der Waals surface area contributed by atoms with Gasteiger partial charge in [-0.05, 0) is 41.2 Å². The Morgan fingerprint density at radius 1 is 1.11 bits per heavy atom. The normalized spacial score (nSPS) is 11.5. The molecule has 4 nitrogen and oxygen atoms in total. The number of esters is 1. The molecule has 0 spiro atoms. The fourth-order valence-electron chi connectivity index (χ4n) is 2.85. The summed E-state index contributed by atoms with van der Waals surface area (Å²) in [6.45, 7) is 4.45. The Morgan fingerprint density at radius 2 is 1.75 bits per heavy atom. The third-order valence-corrected chi connectivity index (χ3v) is 4.58. The van der Waals surface area contributed by atoms with E-state index in [1.165, 1.54) is 20.5 Å². The highest BCUT2D eigenvalue weighted by Gasteiger charge is 2.18. The summed E-state index contributed by atoms with van der Waals surface area (Å²) >= 11 is 12.8. The van der Waals surface area contributed by atoms with Crippen LogP contribution >= 0.6 is 23.2 Å². The second kappa shape index (κ2) is 10.4. The molecule has 0 unspecified atom stereocenters. The molecule has 0 aliphatic heterocycles. The third-order valence-electron chi connectivity index (χ3n) is 4.02. The zero-order chi connectivity index (χ0) is 20.7. The molecule has 0 heterocycles. The summed E-state index contributed by atoms with van der Waals surface area (Å²) in [6.07, 6.45) is 2.23. The van der Waals surface area contributed by atoms with Crippen molar-refractivity contribution in [3.8, 4) is 5.75 Å². The van der Waals surface area contributed by atoms with Crippen LogP contribution in [0.2, 0.25) is 10.0 Å². The van der Waals surface area contributed by atoms with E-state index in [-0.39, 0.29) is 6.61 Å². The number of carbonyl (C=O) groups is 1. The topological polar surface area (TPSA) is 44.8 Å². The molecule has 0 saturated heterocycles. The van der Waals surface area contributed by atoms with Crippen LogP contribution < -0.4 is 4.74 Å². The molecule has 0 aliphatic carbocycles. The minimum absolute atomic E-state index is 0.178. The lowest BCUT2D eigenvalue weighted by Crippen LogP contribution is -2.08. The van der Waals surface area contributed by atoms with Crippen LogP contribution in [-0.2, 0) is 27.3 Å². The molecule has 0 aromatic heterocycles. The van der Waals surface area contributed by atoms with Gasteiger partial charge in [0.1, 0.15) is 12.2 Å². The molecule has 0 atom stereocenters. The van der Waals surface area contributed by atoms with Crippen molar-refractivity contribution < 1.29 is 19.0 Å². The van der Waals surface area contributed by atoms with Crippen molar-refractivity contribution >= 4 is 34.7 Å². The molecule has 0 amide bonds. The Bertz CT molecular complexity index is 836. The van der Waals surface area contributed by atoms with Crippen molar-refractivity contribution in [2.45, 2.75) is 26.9 Å². The maximum atomic E-state index is 12.1.